The average molecular weight is 298 g/mol. The van der Waals surface area contributed by atoms with Gasteiger partial charge >= 0.3 is 6.03 Å². The fourth-order valence-corrected chi connectivity index (χ4v) is 2.00. The molecule has 114 valence electrons. The zero-order valence-corrected chi connectivity index (χ0v) is 12.8. The van der Waals surface area contributed by atoms with E-state index in [-0.39, 0.29) is 11.8 Å². The van der Waals surface area contributed by atoms with Crippen molar-refractivity contribution in [3.8, 4) is 5.75 Å². The van der Waals surface area contributed by atoms with Gasteiger partial charge in [-0.05, 0) is 49.7 Å². The third-order valence-corrected chi connectivity index (χ3v) is 3.21. The van der Waals surface area contributed by atoms with Gasteiger partial charge in [0.15, 0.2) is 5.78 Å². The molecule has 0 aliphatic heterocycles. The van der Waals surface area contributed by atoms with E-state index < -0.39 is 0 Å². The highest BCUT2D eigenvalue weighted by molar-refractivity contribution is 6.01. The molecule has 2 amide bonds. The predicted molar refractivity (Wildman–Crippen MR) is 86.8 cm³/mol. The molecular formula is C17H18N2O3. The normalized spacial score (nSPS) is 9.95. The molecule has 0 radical (unpaired) electrons. The minimum absolute atomic E-state index is 0.0462. The first-order valence-electron chi connectivity index (χ1n) is 6.83. The molecular weight excluding hydrogens is 280 g/mol. The van der Waals surface area contributed by atoms with Gasteiger partial charge in [0.25, 0.3) is 0 Å². The number of rotatable bonds is 4. The summed E-state index contributed by atoms with van der Waals surface area (Å²) in [5, 5.41) is 5.48. The number of carbonyl (C=O) groups is 2. The molecule has 0 spiro atoms. The van der Waals surface area contributed by atoms with Crippen LogP contribution in [0.15, 0.2) is 42.5 Å². The van der Waals surface area contributed by atoms with Crippen molar-refractivity contribution < 1.29 is 14.3 Å². The topological polar surface area (TPSA) is 67.4 Å². The Morgan fingerprint density at radius 2 is 1.82 bits per heavy atom. The highest BCUT2D eigenvalue weighted by Gasteiger charge is 2.07. The van der Waals surface area contributed by atoms with Crippen LogP contribution in [0.2, 0.25) is 0 Å². The van der Waals surface area contributed by atoms with Crippen LogP contribution >= 0.6 is 0 Å². The summed E-state index contributed by atoms with van der Waals surface area (Å²) in [6, 6.07) is 11.8. The molecule has 22 heavy (non-hydrogen) atoms. The Morgan fingerprint density at radius 1 is 1.05 bits per heavy atom. The fourth-order valence-electron chi connectivity index (χ4n) is 2.00. The zero-order valence-electron chi connectivity index (χ0n) is 12.8. The summed E-state index contributed by atoms with van der Waals surface area (Å²) in [5.41, 5.74) is 2.71. The van der Waals surface area contributed by atoms with Crippen molar-refractivity contribution in [3.05, 3.63) is 53.6 Å². The van der Waals surface area contributed by atoms with E-state index in [1.54, 1.807) is 43.5 Å². The molecule has 2 aromatic rings. The van der Waals surface area contributed by atoms with Crippen LogP contribution in [0.3, 0.4) is 0 Å². The molecule has 2 rings (SSSR count). The van der Waals surface area contributed by atoms with E-state index in [9.17, 15) is 9.59 Å². The second kappa shape index (κ2) is 6.76. The summed E-state index contributed by atoms with van der Waals surface area (Å²) in [5.74, 6) is 0.688. The number of nitrogens with one attached hydrogen (secondary N) is 2. The largest absolute Gasteiger partial charge is 0.497 e. The van der Waals surface area contributed by atoms with Crippen molar-refractivity contribution in [3.63, 3.8) is 0 Å². The Kier molecular flexibility index (Phi) is 4.78. The van der Waals surface area contributed by atoms with Gasteiger partial charge in [-0.15, -0.1) is 0 Å². The Morgan fingerprint density at radius 3 is 2.45 bits per heavy atom. The monoisotopic (exact) mass is 298 g/mol. The molecule has 0 atom stereocenters. The number of methoxy groups -OCH3 is 1. The molecule has 0 saturated heterocycles. The molecule has 2 aromatic carbocycles. The van der Waals surface area contributed by atoms with Crippen LogP contribution in [0, 0.1) is 6.92 Å². The Labute approximate surface area is 129 Å². The number of hydrogen-bond acceptors (Lipinski definition) is 3. The summed E-state index contributed by atoms with van der Waals surface area (Å²) < 4.78 is 5.13. The van der Waals surface area contributed by atoms with Crippen molar-refractivity contribution in [2.75, 3.05) is 17.7 Å². The van der Waals surface area contributed by atoms with E-state index in [1.807, 2.05) is 13.0 Å². The third-order valence-electron chi connectivity index (χ3n) is 3.21. The Balaban J connectivity index is 2.07. The quantitative estimate of drug-likeness (QED) is 0.842. The lowest BCUT2D eigenvalue weighted by atomic mass is 10.1. The second-order valence-corrected chi connectivity index (χ2v) is 4.90. The molecule has 0 saturated carbocycles. The number of ether oxygens (including phenoxy) is 1. The van der Waals surface area contributed by atoms with Gasteiger partial charge in [-0.25, -0.2) is 4.79 Å². The number of ketones is 1. The highest BCUT2D eigenvalue weighted by Crippen LogP contribution is 2.21. The summed E-state index contributed by atoms with van der Waals surface area (Å²) in [4.78, 5) is 23.4. The van der Waals surface area contributed by atoms with Crippen molar-refractivity contribution in [2.24, 2.45) is 0 Å². The molecule has 0 bridgehead atoms. The van der Waals surface area contributed by atoms with Crippen LogP contribution in [0.5, 0.6) is 5.75 Å². The molecule has 2 N–H and O–H groups in total. The number of benzene rings is 2. The van der Waals surface area contributed by atoms with Crippen LogP contribution in [0.4, 0.5) is 16.2 Å². The first kappa shape index (κ1) is 15.6. The van der Waals surface area contributed by atoms with Crippen LogP contribution in [0.1, 0.15) is 22.8 Å². The molecule has 0 fully saturated rings. The maximum atomic E-state index is 12.0. The number of urea groups is 1. The van der Waals surface area contributed by atoms with Crippen molar-refractivity contribution in [1.29, 1.82) is 0 Å². The summed E-state index contributed by atoms with van der Waals surface area (Å²) >= 11 is 0. The van der Waals surface area contributed by atoms with E-state index in [4.69, 9.17) is 4.74 Å². The van der Waals surface area contributed by atoms with Crippen molar-refractivity contribution in [1.82, 2.24) is 0 Å². The molecule has 0 aromatic heterocycles. The predicted octanol–water partition coefficient (Wildman–Crippen LogP) is 3.85. The van der Waals surface area contributed by atoms with Gasteiger partial charge in [0.05, 0.1) is 7.11 Å². The molecule has 5 nitrogen and oxygen atoms in total. The van der Waals surface area contributed by atoms with Gasteiger partial charge in [-0.1, -0.05) is 12.1 Å². The zero-order chi connectivity index (χ0) is 16.1. The number of amides is 2. The highest BCUT2D eigenvalue weighted by atomic mass is 16.5. The lowest BCUT2D eigenvalue weighted by molar-refractivity contribution is 0.101. The van der Waals surface area contributed by atoms with Gasteiger partial charge in [0, 0.05) is 16.9 Å². The van der Waals surface area contributed by atoms with Crippen molar-refractivity contribution in [2.45, 2.75) is 13.8 Å². The lowest BCUT2D eigenvalue weighted by Crippen LogP contribution is -2.20. The molecule has 0 aliphatic carbocycles. The number of anilines is 2. The van der Waals surface area contributed by atoms with Crippen LogP contribution in [-0.2, 0) is 0 Å². The van der Waals surface area contributed by atoms with Gasteiger partial charge < -0.3 is 15.4 Å². The van der Waals surface area contributed by atoms with E-state index in [1.165, 1.54) is 6.92 Å². The lowest BCUT2D eigenvalue weighted by Gasteiger charge is -2.11. The third kappa shape index (κ3) is 3.85. The van der Waals surface area contributed by atoms with Crippen LogP contribution in [-0.4, -0.2) is 18.9 Å². The SMILES string of the molecule is COc1ccc(NC(=O)Nc2cccc(C(C)=O)c2)c(C)c1. The molecule has 5 heteroatoms. The van der Waals surface area contributed by atoms with Gasteiger partial charge in [0.1, 0.15) is 5.75 Å². The number of Topliss-reactive ketones (excluding diaryl/α,β-unsaturated/α-hetero) is 1. The minimum atomic E-state index is -0.367. The summed E-state index contributed by atoms with van der Waals surface area (Å²) in [6.45, 7) is 3.37. The van der Waals surface area contributed by atoms with E-state index in [0.717, 1.165) is 11.3 Å². The first-order chi connectivity index (χ1) is 10.5. The van der Waals surface area contributed by atoms with Crippen molar-refractivity contribution >= 4 is 23.2 Å². The maximum absolute atomic E-state index is 12.0. The number of aryl methyl sites for hydroxylation is 1. The smallest absolute Gasteiger partial charge is 0.323 e. The number of hydrogen-bond donors (Lipinski definition) is 2. The Bertz CT molecular complexity index is 711. The standard InChI is InChI=1S/C17H18N2O3/c1-11-9-15(22-3)7-8-16(11)19-17(21)18-14-6-4-5-13(10-14)12(2)20/h4-10H,1-3H3,(H2,18,19,21). The Hall–Kier alpha value is -2.82. The number of carbonyl (C=O) groups excluding carboxylic acids is 2. The first-order valence-corrected chi connectivity index (χ1v) is 6.83. The van der Waals surface area contributed by atoms with Gasteiger partial charge in [-0.2, -0.15) is 0 Å². The summed E-state index contributed by atoms with van der Waals surface area (Å²) in [7, 11) is 1.59. The van der Waals surface area contributed by atoms with E-state index in [0.29, 0.717) is 16.9 Å². The van der Waals surface area contributed by atoms with Gasteiger partial charge in [0.2, 0.25) is 0 Å². The summed E-state index contributed by atoms with van der Waals surface area (Å²) in [6.07, 6.45) is 0. The minimum Gasteiger partial charge on any atom is -0.497 e. The fraction of sp³-hybridized carbons (Fsp3) is 0.176. The average Bonchev–Trinajstić information content (AvgIpc) is 2.49. The van der Waals surface area contributed by atoms with Gasteiger partial charge in [-0.3, -0.25) is 4.79 Å². The molecule has 0 heterocycles. The van der Waals surface area contributed by atoms with E-state index in [2.05, 4.69) is 10.6 Å². The molecule has 0 unspecified atom stereocenters. The maximum Gasteiger partial charge on any atom is 0.323 e. The second-order valence-electron chi connectivity index (χ2n) is 4.90. The van der Waals surface area contributed by atoms with E-state index >= 15 is 0 Å². The molecule has 0 aliphatic rings. The van der Waals surface area contributed by atoms with Crippen LogP contribution < -0.4 is 15.4 Å². The van der Waals surface area contributed by atoms with Crippen LogP contribution in [0.25, 0.3) is 0 Å².